The summed E-state index contributed by atoms with van der Waals surface area (Å²) in [5.74, 6) is -1.32. The molecule has 0 aromatic heterocycles. The first-order valence-corrected chi connectivity index (χ1v) is 13.3. The molecule has 0 bridgehead atoms. The molecule has 2 unspecified atom stereocenters. The van der Waals surface area contributed by atoms with Crippen molar-refractivity contribution in [2.45, 2.75) is 64.1 Å². The quantitative estimate of drug-likeness (QED) is 0.362. The molecular weight excluding hydrogens is 384 g/mol. The Morgan fingerprint density at radius 1 is 1.10 bits per heavy atom. The predicted molar refractivity (Wildman–Crippen MR) is 117 cm³/mol. The number of carbonyl (C=O) groups excluding carboxylic acids is 1. The summed E-state index contributed by atoms with van der Waals surface area (Å²) in [4.78, 5) is 12.9. The number of hydrogen-bond acceptors (Lipinski definition) is 5. The van der Waals surface area contributed by atoms with Gasteiger partial charge in [0.2, 0.25) is 5.79 Å². The average molecular weight is 419 g/mol. The fourth-order valence-electron chi connectivity index (χ4n) is 3.41. The first-order chi connectivity index (χ1) is 13.4. The Labute approximate surface area is 175 Å². The molecule has 0 aliphatic heterocycles. The van der Waals surface area contributed by atoms with Crippen molar-refractivity contribution < 1.29 is 23.4 Å². The van der Waals surface area contributed by atoms with E-state index in [0.29, 0.717) is 17.8 Å². The highest BCUT2D eigenvalue weighted by Gasteiger charge is 2.49. The van der Waals surface area contributed by atoms with Crippen LogP contribution in [0.3, 0.4) is 0 Å². The third-order valence-corrected chi connectivity index (χ3v) is 5.34. The lowest BCUT2D eigenvalue weighted by atomic mass is 9.88. The minimum Gasteiger partial charge on any atom is -0.496 e. The summed E-state index contributed by atoms with van der Waals surface area (Å²) in [6.45, 7) is 11.9. The van der Waals surface area contributed by atoms with E-state index in [1.54, 1.807) is 14.2 Å². The molecule has 0 heterocycles. The Morgan fingerprint density at radius 2 is 1.72 bits per heavy atom. The number of ether oxygens (including phenoxy) is 3. The molecule has 1 aliphatic rings. The maximum absolute atomic E-state index is 12.9. The molecule has 1 aliphatic carbocycles. The highest BCUT2D eigenvalue weighted by molar-refractivity contribution is 6.69. The van der Waals surface area contributed by atoms with Gasteiger partial charge in [-0.15, -0.1) is 0 Å². The Balaban J connectivity index is 2.68. The van der Waals surface area contributed by atoms with Gasteiger partial charge in [0, 0.05) is 19.1 Å². The second kappa shape index (κ2) is 8.86. The fraction of sp³-hybridized carbons (Fsp3) is 0.522. The average Bonchev–Trinajstić information content (AvgIpc) is 2.77. The molecule has 160 valence electrons. The number of methoxy groups -OCH3 is 2. The molecule has 0 N–H and O–H groups in total. The molecule has 2 atom stereocenters. The molecule has 0 amide bonds. The van der Waals surface area contributed by atoms with Gasteiger partial charge in [-0.05, 0) is 52.1 Å². The Morgan fingerprint density at radius 3 is 2.21 bits per heavy atom. The molecule has 1 aromatic carbocycles. The molecule has 0 radical (unpaired) electrons. The van der Waals surface area contributed by atoms with Crippen LogP contribution in [0.15, 0.2) is 53.8 Å². The van der Waals surface area contributed by atoms with Gasteiger partial charge in [-0.1, -0.05) is 36.4 Å². The number of esters is 1. The van der Waals surface area contributed by atoms with Crippen LogP contribution in [-0.4, -0.2) is 39.9 Å². The van der Waals surface area contributed by atoms with Crippen LogP contribution in [0.4, 0.5) is 0 Å². The van der Waals surface area contributed by atoms with Gasteiger partial charge in [0.05, 0.1) is 13.0 Å². The predicted octanol–water partition coefficient (Wildman–Crippen LogP) is 5.17. The normalized spacial score (nSPS) is 23.0. The summed E-state index contributed by atoms with van der Waals surface area (Å²) in [6, 6.07) is 9.90. The van der Waals surface area contributed by atoms with Gasteiger partial charge in [-0.25, -0.2) is 4.79 Å². The summed E-state index contributed by atoms with van der Waals surface area (Å²) in [5.41, 5.74) is 0.952. The van der Waals surface area contributed by atoms with Crippen molar-refractivity contribution in [3.8, 4) is 0 Å². The molecule has 0 fully saturated rings. The van der Waals surface area contributed by atoms with E-state index in [0.717, 1.165) is 5.56 Å². The highest BCUT2D eigenvalue weighted by Crippen LogP contribution is 2.44. The molecule has 0 saturated carbocycles. The Hall–Kier alpha value is -1.89. The molecule has 0 spiro atoms. The zero-order chi connectivity index (χ0) is 21.9. The van der Waals surface area contributed by atoms with Crippen molar-refractivity contribution >= 4 is 14.3 Å². The monoisotopic (exact) mass is 418 g/mol. The highest BCUT2D eigenvalue weighted by atomic mass is 28.4. The van der Waals surface area contributed by atoms with Crippen LogP contribution in [0.25, 0.3) is 0 Å². The summed E-state index contributed by atoms with van der Waals surface area (Å²) >= 11 is 0. The first kappa shape index (κ1) is 23.4. The zero-order valence-corrected chi connectivity index (χ0v) is 19.9. The Kier molecular flexibility index (Phi) is 7.14. The lowest BCUT2D eigenvalue weighted by Gasteiger charge is -2.42. The molecule has 0 saturated heterocycles. The topological polar surface area (TPSA) is 54.0 Å². The van der Waals surface area contributed by atoms with Crippen molar-refractivity contribution in [2.75, 3.05) is 14.2 Å². The van der Waals surface area contributed by atoms with E-state index in [2.05, 4.69) is 19.6 Å². The zero-order valence-electron chi connectivity index (χ0n) is 18.9. The lowest BCUT2D eigenvalue weighted by molar-refractivity contribution is -0.173. The Bertz CT molecular complexity index is 771. The van der Waals surface area contributed by atoms with Gasteiger partial charge in [0.25, 0.3) is 0 Å². The summed E-state index contributed by atoms with van der Waals surface area (Å²) in [6.07, 6.45) is 4.15. The van der Waals surface area contributed by atoms with Crippen LogP contribution in [0, 0.1) is 0 Å². The number of benzene rings is 1. The van der Waals surface area contributed by atoms with Gasteiger partial charge in [0.15, 0.2) is 14.1 Å². The molecule has 2 rings (SSSR count). The first-order valence-electron chi connectivity index (χ1n) is 9.91. The second-order valence-electron chi connectivity index (χ2n) is 9.14. The number of hydrogen-bond donors (Lipinski definition) is 0. The SMILES string of the molecule is COC1=CCC(C(=O)OC(C)(C)C)=CC(c2ccccc2)C1(OC)O[Si](C)(C)C. The van der Waals surface area contributed by atoms with Crippen LogP contribution >= 0.6 is 0 Å². The maximum atomic E-state index is 12.9. The minimum absolute atomic E-state index is 0.343. The molecule has 5 nitrogen and oxygen atoms in total. The lowest BCUT2D eigenvalue weighted by Crippen LogP contribution is -2.50. The van der Waals surface area contributed by atoms with Crippen LogP contribution < -0.4 is 0 Å². The molecule has 1 aromatic rings. The van der Waals surface area contributed by atoms with Crippen molar-refractivity contribution in [2.24, 2.45) is 0 Å². The smallest absolute Gasteiger partial charge is 0.334 e. The number of allylic oxidation sites excluding steroid dienone is 1. The van der Waals surface area contributed by atoms with Crippen molar-refractivity contribution in [1.29, 1.82) is 0 Å². The van der Waals surface area contributed by atoms with E-state index >= 15 is 0 Å². The van der Waals surface area contributed by atoms with E-state index < -0.39 is 19.7 Å². The van der Waals surface area contributed by atoms with Crippen LogP contribution in [0.1, 0.15) is 38.7 Å². The summed E-state index contributed by atoms with van der Waals surface area (Å²) < 4.78 is 24.1. The van der Waals surface area contributed by atoms with Gasteiger partial charge in [-0.3, -0.25) is 0 Å². The van der Waals surface area contributed by atoms with Crippen LogP contribution in [-0.2, 0) is 23.4 Å². The standard InChI is InChI=1S/C23H34O5Si/c1-22(2,3)27-21(24)18-14-15-20(25-4)23(26-5,28-29(6,7)8)19(16-18)17-12-10-9-11-13-17/h9-13,15-16,19H,14H2,1-8H3. The van der Waals surface area contributed by atoms with Gasteiger partial charge >= 0.3 is 5.97 Å². The van der Waals surface area contributed by atoms with E-state index in [4.69, 9.17) is 18.6 Å². The summed E-state index contributed by atoms with van der Waals surface area (Å²) in [7, 11) is 1.15. The third-order valence-electron chi connectivity index (χ3n) is 4.43. The number of carbonyl (C=O) groups is 1. The van der Waals surface area contributed by atoms with Crippen LogP contribution in [0.2, 0.25) is 19.6 Å². The van der Waals surface area contributed by atoms with Crippen LogP contribution in [0.5, 0.6) is 0 Å². The van der Waals surface area contributed by atoms with Gasteiger partial charge in [-0.2, -0.15) is 0 Å². The van der Waals surface area contributed by atoms with Gasteiger partial charge in [0.1, 0.15) is 5.60 Å². The van der Waals surface area contributed by atoms with Gasteiger partial charge < -0.3 is 18.6 Å². The van der Waals surface area contributed by atoms with Crippen molar-refractivity contribution in [1.82, 2.24) is 0 Å². The molecule has 29 heavy (non-hydrogen) atoms. The third kappa shape index (κ3) is 5.81. The van der Waals surface area contributed by atoms with E-state index in [1.165, 1.54) is 0 Å². The second-order valence-corrected chi connectivity index (χ2v) is 13.6. The van der Waals surface area contributed by atoms with Crippen molar-refractivity contribution in [3.05, 3.63) is 59.4 Å². The molecule has 6 heteroatoms. The summed E-state index contributed by atoms with van der Waals surface area (Å²) in [5, 5.41) is 0. The van der Waals surface area contributed by atoms with E-state index in [-0.39, 0.29) is 11.9 Å². The van der Waals surface area contributed by atoms with E-state index in [1.807, 2.05) is 63.3 Å². The maximum Gasteiger partial charge on any atom is 0.334 e. The largest absolute Gasteiger partial charge is 0.496 e. The minimum atomic E-state index is -2.07. The van der Waals surface area contributed by atoms with E-state index in [9.17, 15) is 4.79 Å². The molecular formula is C23H34O5Si. The van der Waals surface area contributed by atoms with Crippen molar-refractivity contribution in [3.63, 3.8) is 0 Å². The number of rotatable bonds is 6. The fourth-order valence-corrected chi connectivity index (χ4v) is 4.63.